The Labute approximate surface area is 218 Å². The van der Waals surface area contributed by atoms with Gasteiger partial charge in [0.2, 0.25) is 5.91 Å². The van der Waals surface area contributed by atoms with E-state index in [1.807, 2.05) is 77.8 Å². The number of carbonyl (C=O) groups is 2. The molecule has 7 nitrogen and oxygen atoms in total. The van der Waals surface area contributed by atoms with E-state index in [1.54, 1.807) is 0 Å². The Morgan fingerprint density at radius 3 is 2.65 bits per heavy atom. The summed E-state index contributed by atoms with van der Waals surface area (Å²) in [6, 6.07) is 23.0. The van der Waals surface area contributed by atoms with Crippen LogP contribution in [0.15, 0.2) is 89.0 Å². The number of thioether (sulfide) groups is 1. The fourth-order valence-corrected chi connectivity index (χ4v) is 5.61. The molecule has 0 saturated heterocycles. The van der Waals surface area contributed by atoms with Crippen LogP contribution in [0.2, 0.25) is 0 Å². The van der Waals surface area contributed by atoms with Crippen LogP contribution in [0.4, 0.5) is 11.4 Å². The number of aryl methyl sites for hydroxylation is 1. The first kappa shape index (κ1) is 23.2. The summed E-state index contributed by atoms with van der Waals surface area (Å²) in [5.41, 5.74) is 5.61. The lowest BCUT2D eigenvalue weighted by Gasteiger charge is -2.31. The second-order valence-electron chi connectivity index (χ2n) is 9.02. The van der Waals surface area contributed by atoms with Gasteiger partial charge in [-0.2, -0.15) is 4.99 Å². The number of nitrogens with one attached hydrogen (secondary N) is 2. The van der Waals surface area contributed by atoms with Crippen LogP contribution in [0.25, 0.3) is 10.9 Å². The summed E-state index contributed by atoms with van der Waals surface area (Å²) in [6.45, 7) is 2.10. The highest BCUT2D eigenvalue weighted by Gasteiger charge is 2.42. The summed E-state index contributed by atoms with van der Waals surface area (Å²) >= 11 is 1.32. The van der Waals surface area contributed by atoms with Crippen molar-refractivity contribution in [1.29, 1.82) is 0 Å². The molecular weight excluding hydrogens is 482 g/mol. The van der Waals surface area contributed by atoms with Crippen molar-refractivity contribution in [3.05, 3.63) is 95.7 Å². The lowest BCUT2D eigenvalue weighted by Crippen LogP contribution is -2.45. The number of hydrogen-bond donors (Lipinski definition) is 2. The first-order valence-electron chi connectivity index (χ1n) is 12.3. The van der Waals surface area contributed by atoms with Gasteiger partial charge in [-0.25, -0.2) is 4.99 Å². The Hall–Kier alpha value is -4.17. The van der Waals surface area contributed by atoms with Crippen LogP contribution in [0.1, 0.15) is 23.6 Å². The van der Waals surface area contributed by atoms with E-state index in [2.05, 4.69) is 28.3 Å². The van der Waals surface area contributed by atoms with E-state index in [-0.39, 0.29) is 17.6 Å². The molecule has 8 heteroatoms. The maximum absolute atomic E-state index is 13.2. The third-order valence-electron chi connectivity index (χ3n) is 6.67. The molecule has 2 aliphatic heterocycles. The number of nitrogens with zero attached hydrogens (tertiary/aromatic N) is 3. The van der Waals surface area contributed by atoms with Gasteiger partial charge >= 0.3 is 0 Å². The van der Waals surface area contributed by atoms with Gasteiger partial charge < -0.3 is 10.3 Å². The zero-order valence-electron chi connectivity index (χ0n) is 20.3. The number of rotatable bonds is 6. The molecule has 2 amide bonds. The van der Waals surface area contributed by atoms with E-state index >= 15 is 0 Å². The number of aromatic nitrogens is 1. The van der Waals surface area contributed by atoms with E-state index in [9.17, 15) is 9.59 Å². The van der Waals surface area contributed by atoms with Crippen LogP contribution >= 0.6 is 11.8 Å². The molecule has 0 fully saturated rings. The average molecular weight is 508 g/mol. The van der Waals surface area contributed by atoms with Crippen LogP contribution in [0, 0.1) is 0 Å². The highest BCUT2D eigenvalue weighted by molar-refractivity contribution is 8.14. The van der Waals surface area contributed by atoms with Crippen LogP contribution in [0.5, 0.6) is 0 Å². The van der Waals surface area contributed by atoms with Crippen molar-refractivity contribution < 1.29 is 9.59 Å². The van der Waals surface area contributed by atoms with Crippen LogP contribution < -0.4 is 5.32 Å². The standard InChI is InChI=1S/C29H25N5O2S/c1-2-18-11-13-20(14-12-18)31-26(35)17-37-29-32-24-10-6-4-8-22(24)27-33-28(36)25(34(27)29)15-19-16-30-23-9-5-3-7-21(19)23/h3-14,16,25,30H,2,15,17H2,1H3,(H,31,35). The molecule has 184 valence electrons. The molecule has 0 spiro atoms. The number of hydrogen-bond acceptors (Lipinski definition) is 5. The van der Waals surface area contributed by atoms with Crippen LogP contribution in [-0.2, 0) is 22.4 Å². The Morgan fingerprint density at radius 2 is 1.81 bits per heavy atom. The summed E-state index contributed by atoms with van der Waals surface area (Å²) in [5, 5.41) is 4.64. The lowest BCUT2D eigenvalue weighted by molar-refractivity contribution is -0.119. The number of anilines is 1. The second-order valence-corrected chi connectivity index (χ2v) is 9.96. The van der Waals surface area contributed by atoms with Gasteiger partial charge in [0.25, 0.3) is 5.91 Å². The first-order chi connectivity index (χ1) is 18.1. The van der Waals surface area contributed by atoms with Crippen LogP contribution in [0.3, 0.4) is 0 Å². The van der Waals surface area contributed by atoms with Gasteiger partial charge in [-0.05, 0) is 47.9 Å². The Morgan fingerprint density at radius 1 is 1.03 bits per heavy atom. The maximum Gasteiger partial charge on any atom is 0.271 e. The molecule has 0 bridgehead atoms. The summed E-state index contributed by atoms with van der Waals surface area (Å²) in [5.74, 6) is 0.422. The Bertz CT molecular complexity index is 1570. The molecule has 6 rings (SSSR count). The fourth-order valence-electron chi connectivity index (χ4n) is 4.76. The summed E-state index contributed by atoms with van der Waals surface area (Å²) in [6.07, 6.45) is 3.38. The minimum Gasteiger partial charge on any atom is -0.361 e. The largest absolute Gasteiger partial charge is 0.361 e. The minimum absolute atomic E-state index is 0.131. The maximum atomic E-state index is 13.2. The highest BCUT2D eigenvalue weighted by Crippen LogP contribution is 2.35. The number of para-hydroxylation sites is 2. The molecular formula is C29H25N5O2S. The Kier molecular flexibility index (Phi) is 6.10. The third kappa shape index (κ3) is 4.44. The third-order valence-corrected chi connectivity index (χ3v) is 7.63. The van der Waals surface area contributed by atoms with Crippen molar-refractivity contribution in [2.24, 2.45) is 9.98 Å². The molecule has 3 heterocycles. The van der Waals surface area contributed by atoms with E-state index in [0.29, 0.717) is 17.4 Å². The number of aliphatic imine (C=N–C) groups is 2. The molecule has 1 unspecified atom stereocenters. The van der Waals surface area contributed by atoms with E-state index in [1.165, 1.54) is 17.3 Å². The molecule has 0 saturated carbocycles. The highest BCUT2D eigenvalue weighted by atomic mass is 32.2. The zero-order chi connectivity index (χ0) is 25.4. The monoisotopic (exact) mass is 507 g/mol. The predicted molar refractivity (Wildman–Crippen MR) is 150 cm³/mol. The number of amidine groups is 2. The van der Waals surface area contributed by atoms with Crippen molar-refractivity contribution in [2.45, 2.75) is 25.8 Å². The lowest BCUT2D eigenvalue weighted by atomic mass is 10.0. The number of benzene rings is 3. The molecule has 1 atom stereocenters. The quantitative estimate of drug-likeness (QED) is 0.370. The van der Waals surface area contributed by atoms with Gasteiger partial charge in [0.15, 0.2) is 5.17 Å². The fraction of sp³-hybridized carbons (Fsp3) is 0.172. The van der Waals surface area contributed by atoms with E-state index in [4.69, 9.17) is 4.99 Å². The van der Waals surface area contributed by atoms with Gasteiger partial charge in [-0.3, -0.25) is 14.5 Å². The molecule has 2 N–H and O–H groups in total. The van der Waals surface area contributed by atoms with E-state index in [0.717, 1.165) is 39.8 Å². The van der Waals surface area contributed by atoms with Gasteiger partial charge in [-0.15, -0.1) is 0 Å². The molecule has 2 aliphatic rings. The SMILES string of the molecule is CCc1ccc(NC(=O)CSC2=Nc3ccccc3C3=NC(=O)C(Cc4c[nH]c5ccccc45)N23)cc1. The van der Waals surface area contributed by atoms with Crippen molar-refractivity contribution in [3.8, 4) is 0 Å². The Balaban J connectivity index is 1.26. The van der Waals surface area contributed by atoms with Crippen molar-refractivity contribution in [3.63, 3.8) is 0 Å². The molecule has 1 aromatic heterocycles. The first-order valence-corrected chi connectivity index (χ1v) is 13.3. The molecule has 0 aliphatic carbocycles. The smallest absolute Gasteiger partial charge is 0.271 e. The normalized spacial score (nSPS) is 16.3. The number of carbonyl (C=O) groups excluding carboxylic acids is 2. The molecule has 3 aromatic carbocycles. The topological polar surface area (TPSA) is 89.9 Å². The number of fused-ring (bicyclic) bond motifs is 4. The summed E-state index contributed by atoms with van der Waals surface area (Å²) in [4.78, 5) is 40.5. The second kappa shape index (κ2) is 9.71. The van der Waals surface area contributed by atoms with Gasteiger partial charge in [0.05, 0.1) is 11.4 Å². The van der Waals surface area contributed by atoms with Gasteiger partial charge in [0.1, 0.15) is 11.9 Å². The van der Waals surface area contributed by atoms with Crippen molar-refractivity contribution in [2.75, 3.05) is 11.1 Å². The van der Waals surface area contributed by atoms with Crippen LogP contribution in [-0.4, -0.2) is 44.5 Å². The van der Waals surface area contributed by atoms with Gasteiger partial charge in [0, 0.05) is 34.8 Å². The average Bonchev–Trinajstić information content (AvgIpc) is 3.49. The molecule has 37 heavy (non-hydrogen) atoms. The minimum atomic E-state index is -0.529. The summed E-state index contributed by atoms with van der Waals surface area (Å²) in [7, 11) is 0. The zero-order valence-corrected chi connectivity index (χ0v) is 21.1. The number of aromatic amines is 1. The van der Waals surface area contributed by atoms with Crippen molar-refractivity contribution >= 4 is 56.9 Å². The predicted octanol–water partition coefficient (Wildman–Crippen LogP) is 5.30. The van der Waals surface area contributed by atoms with Gasteiger partial charge in [-0.1, -0.05) is 61.2 Å². The number of amides is 2. The van der Waals surface area contributed by atoms with E-state index < -0.39 is 6.04 Å². The van der Waals surface area contributed by atoms with Crippen molar-refractivity contribution in [1.82, 2.24) is 9.88 Å². The molecule has 4 aromatic rings. The molecule has 0 radical (unpaired) electrons. The summed E-state index contributed by atoms with van der Waals surface area (Å²) < 4.78 is 0. The number of H-pyrrole nitrogens is 1.